The number of likely N-dealkylation sites (tertiary alicyclic amines) is 1. The number of H-pyrrole nitrogens is 1. The van der Waals surface area contributed by atoms with Gasteiger partial charge in [0.1, 0.15) is 5.69 Å². The van der Waals surface area contributed by atoms with Crippen molar-refractivity contribution in [3.63, 3.8) is 0 Å². The molecular formula is C23H32N3O3+. The average molecular weight is 399 g/mol. The molecule has 2 fully saturated rings. The van der Waals surface area contributed by atoms with Crippen LogP contribution in [0.2, 0.25) is 0 Å². The summed E-state index contributed by atoms with van der Waals surface area (Å²) in [5.74, 6) is -0.534. The van der Waals surface area contributed by atoms with Gasteiger partial charge >= 0.3 is 5.97 Å². The molecule has 156 valence electrons. The van der Waals surface area contributed by atoms with Crippen molar-refractivity contribution < 1.29 is 19.2 Å². The predicted octanol–water partition coefficient (Wildman–Crippen LogP) is 2.68. The average Bonchev–Trinajstić information content (AvgIpc) is 3.07. The lowest BCUT2D eigenvalue weighted by Crippen LogP contribution is -3.15. The van der Waals surface area contributed by atoms with Crippen molar-refractivity contribution in [1.29, 1.82) is 0 Å². The minimum Gasteiger partial charge on any atom is -0.464 e. The van der Waals surface area contributed by atoms with E-state index < -0.39 is 5.97 Å². The first-order chi connectivity index (χ1) is 13.6. The number of aromatic amines is 1. The van der Waals surface area contributed by atoms with Crippen molar-refractivity contribution in [2.24, 2.45) is 10.8 Å². The van der Waals surface area contributed by atoms with Gasteiger partial charge in [0.15, 0.2) is 6.54 Å². The molecule has 1 aromatic heterocycles. The Hall–Kier alpha value is -2.34. The van der Waals surface area contributed by atoms with E-state index in [2.05, 4.69) is 31.1 Å². The number of esters is 1. The Morgan fingerprint density at radius 2 is 2.03 bits per heavy atom. The lowest BCUT2D eigenvalue weighted by molar-refractivity contribution is -0.906. The van der Waals surface area contributed by atoms with Crippen LogP contribution < -0.4 is 10.2 Å². The van der Waals surface area contributed by atoms with Crippen molar-refractivity contribution in [3.05, 3.63) is 29.5 Å². The number of amides is 1. The number of anilines is 1. The minimum absolute atomic E-state index is 0.0550. The number of aryl methyl sites for hydroxylation is 1. The van der Waals surface area contributed by atoms with Gasteiger partial charge in [-0.3, -0.25) is 4.79 Å². The van der Waals surface area contributed by atoms with E-state index in [0.29, 0.717) is 34.8 Å². The monoisotopic (exact) mass is 398 g/mol. The molecule has 1 aliphatic carbocycles. The van der Waals surface area contributed by atoms with Crippen molar-refractivity contribution in [2.45, 2.75) is 53.0 Å². The maximum Gasteiger partial charge on any atom is 0.356 e. The van der Waals surface area contributed by atoms with Crippen LogP contribution in [0.25, 0.3) is 10.9 Å². The van der Waals surface area contributed by atoms with Crippen LogP contribution >= 0.6 is 0 Å². The molecule has 0 radical (unpaired) electrons. The predicted molar refractivity (Wildman–Crippen MR) is 113 cm³/mol. The second-order valence-electron chi connectivity index (χ2n) is 10.2. The lowest BCUT2D eigenvalue weighted by Gasteiger charge is -2.37. The highest BCUT2D eigenvalue weighted by Crippen LogP contribution is 2.47. The van der Waals surface area contributed by atoms with Crippen molar-refractivity contribution in [1.82, 2.24) is 4.98 Å². The van der Waals surface area contributed by atoms with Crippen molar-refractivity contribution in [2.75, 3.05) is 25.5 Å². The van der Waals surface area contributed by atoms with E-state index in [1.54, 1.807) is 0 Å². The fraction of sp³-hybridized carbons (Fsp3) is 0.565. The first-order valence-electron chi connectivity index (χ1n) is 10.4. The number of methoxy groups -OCH3 is 1. The fourth-order valence-electron chi connectivity index (χ4n) is 6.04. The number of ether oxygens (including phenoxy) is 1. The van der Waals surface area contributed by atoms with Gasteiger partial charge in [-0.05, 0) is 30.4 Å². The molecule has 1 amide bonds. The molecule has 1 aliphatic heterocycles. The van der Waals surface area contributed by atoms with Gasteiger partial charge in [0, 0.05) is 29.2 Å². The Morgan fingerprint density at radius 1 is 1.28 bits per heavy atom. The molecule has 3 N–H and O–H groups in total. The van der Waals surface area contributed by atoms with Crippen LogP contribution in [0.15, 0.2) is 18.2 Å². The second-order valence-corrected chi connectivity index (χ2v) is 10.2. The summed E-state index contributed by atoms with van der Waals surface area (Å²) in [5, 5.41) is 3.84. The first kappa shape index (κ1) is 20.0. The molecule has 2 aliphatic rings. The molecule has 0 spiro atoms. The molecule has 29 heavy (non-hydrogen) atoms. The quantitative estimate of drug-likeness (QED) is 0.693. The highest BCUT2D eigenvalue weighted by Gasteiger charge is 2.53. The van der Waals surface area contributed by atoms with Gasteiger partial charge in [-0.15, -0.1) is 0 Å². The molecule has 6 heteroatoms. The van der Waals surface area contributed by atoms with Gasteiger partial charge in [-0.25, -0.2) is 4.79 Å². The number of carbonyl (C=O) groups is 2. The smallest absolute Gasteiger partial charge is 0.356 e. The number of quaternary nitrogens is 1. The highest BCUT2D eigenvalue weighted by atomic mass is 16.5. The minimum atomic E-state index is -0.479. The summed E-state index contributed by atoms with van der Waals surface area (Å²) in [7, 11) is 1.35. The number of carbonyl (C=O) groups excluding carboxylic acids is 2. The van der Waals surface area contributed by atoms with Gasteiger partial charge in [-0.1, -0.05) is 32.9 Å². The number of aromatic nitrogens is 1. The summed E-state index contributed by atoms with van der Waals surface area (Å²) in [4.78, 5) is 29.7. The summed E-state index contributed by atoms with van der Waals surface area (Å²) >= 11 is 0. The molecular weight excluding hydrogens is 366 g/mol. The molecule has 4 rings (SSSR count). The number of nitrogens with one attached hydrogen (secondary N) is 3. The molecule has 1 unspecified atom stereocenters. The van der Waals surface area contributed by atoms with Crippen LogP contribution in [0, 0.1) is 17.8 Å². The number of fused-ring (bicyclic) bond motifs is 3. The third-order valence-corrected chi connectivity index (χ3v) is 6.67. The topological polar surface area (TPSA) is 75.6 Å². The maximum absolute atomic E-state index is 13.0. The fourth-order valence-corrected chi connectivity index (χ4v) is 6.04. The van der Waals surface area contributed by atoms with Gasteiger partial charge in [-0.2, -0.15) is 0 Å². The zero-order chi connectivity index (χ0) is 21.0. The van der Waals surface area contributed by atoms with Gasteiger partial charge in [0.05, 0.1) is 25.4 Å². The summed E-state index contributed by atoms with van der Waals surface area (Å²) in [5.41, 5.74) is 3.37. The van der Waals surface area contributed by atoms with E-state index in [1.807, 2.05) is 25.1 Å². The molecule has 2 aromatic rings. The van der Waals surface area contributed by atoms with Gasteiger partial charge in [0.2, 0.25) is 0 Å². The van der Waals surface area contributed by atoms with Crippen molar-refractivity contribution >= 4 is 28.5 Å². The molecule has 2 bridgehead atoms. The number of hydrogen-bond acceptors (Lipinski definition) is 3. The van der Waals surface area contributed by atoms with Crippen LogP contribution in [-0.4, -0.2) is 43.1 Å². The molecule has 1 saturated carbocycles. The standard InChI is InChI=1S/C23H31N3O3/c1-14-6-7-16-17(8-14)24-20(21(28)29-5)19(16)25-18(27)11-26-13-23(4)10-15(26)9-22(2,3)12-23/h6-8,15,24H,9-13H2,1-5H3,(H,25,27)/p+1/t15-,23-/m0/s1. The van der Waals surface area contributed by atoms with Gasteiger partial charge in [0.25, 0.3) is 5.91 Å². The Labute approximate surface area is 172 Å². The number of hydrogen-bond donors (Lipinski definition) is 3. The van der Waals surface area contributed by atoms with E-state index >= 15 is 0 Å². The Bertz CT molecular complexity index is 977. The van der Waals surface area contributed by atoms with Crippen LogP contribution in [-0.2, 0) is 9.53 Å². The number of benzene rings is 1. The van der Waals surface area contributed by atoms with Crippen LogP contribution in [0.1, 0.15) is 56.1 Å². The summed E-state index contributed by atoms with van der Waals surface area (Å²) in [6.45, 7) is 10.5. The molecule has 1 aromatic carbocycles. The molecule has 3 atom stereocenters. The summed E-state index contributed by atoms with van der Waals surface area (Å²) in [6.07, 6.45) is 3.57. The largest absolute Gasteiger partial charge is 0.464 e. The van der Waals surface area contributed by atoms with E-state index in [1.165, 1.54) is 24.9 Å². The molecule has 2 heterocycles. The Balaban J connectivity index is 1.56. The second kappa shape index (κ2) is 6.87. The van der Waals surface area contributed by atoms with E-state index in [9.17, 15) is 9.59 Å². The third-order valence-electron chi connectivity index (χ3n) is 6.67. The SMILES string of the molecule is COC(=O)c1[nH]c2cc(C)ccc2c1NC(=O)C[NH+]1C[C@@]2(C)C[C@@H]1CC(C)(C)C2. The first-order valence-corrected chi connectivity index (χ1v) is 10.4. The zero-order valence-corrected chi connectivity index (χ0v) is 18.1. The number of rotatable bonds is 4. The molecule has 1 saturated heterocycles. The highest BCUT2D eigenvalue weighted by molar-refractivity contribution is 6.11. The van der Waals surface area contributed by atoms with Crippen LogP contribution in [0.3, 0.4) is 0 Å². The van der Waals surface area contributed by atoms with Crippen molar-refractivity contribution in [3.8, 4) is 0 Å². The maximum atomic E-state index is 13.0. The summed E-state index contributed by atoms with van der Waals surface area (Å²) < 4.78 is 4.92. The van der Waals surface area contributed by atoms with Gasteiger partial charge < -0.3 is 19.9 Å². The molecule has 6 nitrogen and oxygen atoms in total. The zero-order valence-electron chi connectivity index (χ0n) is 18.1. The summed E-state index contributed by atoms with van der Waals surface area (Å²) in [6, 6.07) is 6.41. The van der Waals surface area contributed by atoms with E-state index in [4.69, 9.17) is 4.74 Å². The lowest BCUT2D eigenvalue weighted by atomic mass is 9.65. The van der Waals surface area contributed by atoms with E-state index in [0.717, 1.165) is 29.4 Å². The Kier molecular flexibility index (Phi) is 4.73. The van der Waals surface area contributed by atoms with Crippen LogP contribution in [0.4, 0.5) is 5.69 Å². The van der Waals surface area contributed by atoms with E-state index in [-0.39, 0.29) is 5.91 Å². The Morgan fingerprint density at radius 3 is 2.76 bits per heavy atom. The third kappa shape index (κ3) is 3.78. The van der Waals surface area contributed by atoms with Crippen LogP contribution in [0.5, 0.6) is 0 Å². The normalized spacial score (nSPS) is 27.8.